The van der Waals surface area contributed by atoms with Crippen LogP contribution in [-0.2, 0) is 20.7 Å². The average molecular weight is 467 g/mol. The standard InChI is InChI=1S/C23H28Cl2N2O4/c1-5-16(14-26-22(29)31-23(2,3)4)30-20(28)13-15-9-6-7-12-19(15)27-21-17(24)10-8-11-18(21)25/h6-12,16,27H,5,13-14H2,1-4H3,(H,26,29). The number of benzene rings is 2. The lowest BCUT2D eigenvalue weighted by atomic mass is 10.1. The number of nitrogens with one attached hydrogen (secondary N) is 2. The first-order valence-corrected chi connectivity index (χ1v) is 10.8. The van der Waals surface area contributed by atoms with Crippen molar-refractivity contribution in [3.63, 3.8) is 0 Å². The van der Waals surface area contributed by atoms with Crippen molar-refractivity contribution in [1.82, 2.24) is 5.32 Å². The number of hydrogen-bond acceptors (Lipinski definition) is 5. The summed E-state index contributed by atoms with van der Waals surface area (Å²) in [5.74, 6) is -0.405. The summed E-state index contributed by atoms with van der Waals surface area (Å²) in [5, 5.41) is 6.79. The van der Waals surface area contributed by atoms with Gasteiger partial charge in [-0.2, -0.15) is 0 Å². The predicted octanol–water partition coefficient (Wildman–Crippen LogP) is 6.13. The quantitative estimate of drug-likeness (QED) is 0.457. The number of esters is 1. The molecule has 1 amide bonds. The van der Waals surface area contributed by atoms with E-state index in [4.69, 9.17) is 32.7 Å². The van der Waals surface area contributed by atoms with Gasteiger partial charge in [0.2, 0.25) is 0 Å². The number of anilines is 2. The molecule has 2 aromatic rings. The molecule has 1 atom stereocenters. The molecule has 2 aromatic carbocycles. The molecule has 0 saturated heterocycles. The number of para-hydroxylation sites is 2. The van der Waals surface area contributed by atoms with Gasteiger partial charge >= 0.3 is 12.1 Å². The molecule has 0 aliphatic carbocycles. The smallest absolute Gasteiger partial charge is 0.407 e. The van der Waals surface area contributed by atoms with Crippen LogP contribution in [0.25, 0.3) is 0 Å². The molecule has 168 valence electrons. The topological polar surface area (TPSA) is 76.7 Å². The van der Waals surface area contributed by atoms with Crippen LogP contribution in [-0.4, -0.2) is 30.3 Å². The van der Waals surface area contributed by atoms with E-state index in [0.29, 0.717) is 27.8 Å². The Hall–Kier alpha value is -2.44. The Morgan fingerprint density at radius 3 is 2.29 bits per heavy atom. The van der Waals surface area contributed by atoms with Crippen molar-refractivity contribution in [3.8, 4) is 0 Å². The fraction of sp³-hybridized carbons (Fsp3) is 0.391. The summed E-state index contributed by atoms with van der Waals surface area (Å²) in [5.41, 5.74) is 1.41. The van der Waals surface area contributed by atoms with Gasteiger partial charge in [-0.05, 0) is 51.0 Å². The zero-order valence-electron chi connectivity index (χ0n) is 18.1. The SMILES string of the molecule is CCC(CNC(=O)OC(C)(C)C)OC(=O)Cc1ccccc1Nc1c(Cl)cccc1Cl. The largest absolute Gasteiger partial charge is 0.460 e. The summed E-state index contributed by atoms with van der Waals surface area (Å²) in [4.78, 5) is 24.4. The van der Waals surface area contributed by atoms with E-state index in [9.17, 15) is 9.59 Å². The monoisotopic (exact) mass is 466 g/mol. The summed E-state index contributed by atoms with van der Waals surface area (Å²) >= 11 is 12.5. The third kappa shape index (κ3) is 8.31. The molecule has 0 bridgehead atoms. The van der Waals surface area contributed by atoms with Crippen molar-refractivity contribution in [3.05, 3.63) is 58.1 Å². The van der Waals surface area contributed by atoms with Crippen LogP contribution >= 0.6 is 23.2 Å². The summed E-state index contributed by atoms with van der Waals surface area (Å²) in [7, 11) is 0. The number of carbonyl (C=O) groups excluding carboxylic acids is 2. The number of amides is 1. The Labute approximate surface area is 193 Å². The Morgan fingerprint density at radius 1 is 1.03 bits per heavy atom. The van der Waals surface area contributed by atoms with Crippen LogP contribution in [0.1, 0.15) is 39.7 Å². The van der Waals surface area contributed by atoms with Crippen molar-refractivity contribution in [2.24, 2.45) is 0 Å². The molecule has 31 heavy (non-hydrogen) atoms. The summed E-state index contributed by atoms with van der Waals surface area (Å²) in [6.07, 6.45) is -0.406. The van der Waals surface area contributed by atoms with E-state index in [-0.39, 0.29) is 13.0 Å². The number of carbonyl (C=O) groups is 2. The van der Waals surface area contributed by atoms with E-state index in [1.54, 1.807) is 39.0 Å². The Morgan fingerprint density at radius 2 is 1.68 bits per heavy atom. The van der Waals surface area contributed by atoms with Gasteiger partial charge in [0.15, 0.2) is 0 Å². The van der Waals surface area contributed by atoms with Crippen molar-refractivity contribution in [2.75, 3.05) is 11.9 Å². The molecule has 6 nitrogen and oxygen atoms in total. The molecule has 0 radical (unpaired) electrons. The molecule has 0 heterocycles. The lowest BCUT2D eigenvalue weighted by Gasteiger charge is -2.22. The maximum Gasteiger partial charge on any atom is 0.407 e. The fourth-order valence-corrected chi connectivity index (χ4v) is 3.20. The highest BCUT2D eigenvalue weighted by Crippen LogP contribution is 2.33. The summed E-state index contributed by atoms with van der Waals surface area (Å²) < 4.78 is 10.8. The molecule has 0 aliphatic heterocycles. The fourth-order valence-electron chi connectivity index (χ4n) is 2.71. The van der Waals surface area contributed by atoms with E-state index in [1.165, 1.54) is 0 Å². The number of halogens is 2. The third-order valence-electron chi connectivity index (χ3n) is 4.20. The average Bonchev–Trinajstić information content (AvgIpc) is 2.68. The van der Waals surface area contributed by atoms with Crippen molar-refractivity contribution in [2.45, 2.75) is 52.2 Å². The van der Waals surface area contributed by atoms with Crippen molar-refractivity contribution >= 4 is 46.6 Å². The van der Waals surface area contributed by atoms with Crippen molar-refractivity contribution < 1.29 is 19.1 Å². The lowest BCUT2D eigenvalue weighted by molar-refractivity contribution is -0.148. The van der Waals surface area contributed by atoms with Gasteiger partial charge in [0.25, 0.3) is 0 Å². The maximum absolute atomic E-state index is 12.5. The molecule has 2 N–H and O–H groups in total. The van der Waals surface area contributed by atoms with Crippen LogP contribution in [0.5, 0.6) is 0 Å². The number of alkyl carbamates (subject to hydrolysis) is 1. The second-order valence-corrected chi connectivity index (χ2v) is 8.77. The van der Waals surface area contributed by atoms with E-state index >= 15 is 0 Å². The zero-order chi connectivity index (χ0) is 23.0. The first kappa shape index (κ1) is 24.8. The van der Waals surface area contributed by atoms with Crippen LogP contribution in [0.3, 0.4) is 0 Å². The molecule has 0 aliphatic rings. The molecular weight excluding hydrogens is 439 g/mol. The van der Waals surface area contributed by atoms with E-state index < -0.39 is 23.8 Å². The Kier molecular flexibility index (Phi) is 9.01. The zero-order valence-corrected chi connectivity index (χ0v) is 19.6. The highest BCUT2D eigenvalue weighted by molar-refractivity contribution is 6.39. The number of rotatable bonds is 8. The maximum atomic E-state index is 12.5. The second-order valence-electron chi connectivity index (χ2n) is 7.96. The van der Waals surface area contributed by atoms with E-state index in [1.807, 2.05) is 31.2 Å². The molecule has 0 saturated carbocycles. The second kappa shape index (κ2) is 11.3. The number of hydrogen-bond donors (Lipinski definition) is 2. The van der Waals surface area contributed by atoms with Crippen LogP contribution in [0, 0.1) is 0 Å². The summed E-state index contributed by atoms with van der Waals surface area (Å²) in [6.45, 7) is 7.40. The first-order chi connectivity index (χ1) is 14.6. The molecule has 0 spiro atoms. The predicted molar refractivity (Wildman–Crippen MR) is 124 cm³/mol. The minimum Gasteiger partial charge on any atom is -0.460 e. The van der Waals surface area contributed by atoms with Crippen LogP contribution in [0.15, 0.2) is 42.5 Å². The van der Waals surface area contributed by atoms with Gasteiger partial charge in [0.05, 0.1) is 28.7 Å². The Balaban J connectivity index is 1.99. The van der Waals surface area contributed by atoms with Gasteiger partial charge in [-0.15, -0.1) is 0 Å². The van der Waals surface area contributed by atoms with Gasteiger partial charge in [0.1, 0.15) is 11.7 Å². The van der Waals surface area contributed by atoms with Gasteiger partial charge in [-0.1, -0.05) is 54.4 Å². The molecule has 2 rings (SSSR count). The van der Waals surface area contributed by atoms with Crippen LogP contribution in [0.4, 0.5) is 16.2 Å². The Bertz CT molecular complexity index is 892. The highest BCUT2D eigenvalue weighted by Gasteiger charge is 2.19. The first-order valence-electron chi connectivity index (χ1n) is 10.0. The van der Waals surface area contributed by atoms with E-state index in [0.717, 1.165) is 5.56 Å². The minimum absolute atomic E-state index is 0.0498. The summed E-state index contributed by atoms with van der Waals surface area (Å²) in [6, 6.07) is 12.6. The van der Waals surface area contributed by atoms with Crippen LogP contribution in [0.2, 0.25) is 10.0 Å². The number of ether oxygens (including phenoxy) is 2. The molecule has 1 unspecified atom stereocenters. The van der Waals surface area contributed by atoms with Gasteiger partial charge in [-0.3, -0.25) is 4.79 Å². The molecule has 0 fully saturated rings. The van der Waals surface area contributed by atoms with Crippen molar-refractivity contribution in [1.29, 1.82) is 0 Å². The van der Waals surface area contributed by atoms with Gasteiger partial charge in [0, 0.05) is 5.69 Å². The third-order valence-corrected chi connectivity index (χ3v) is 4.83. The lowest BCUT2D eigenvalue weighted by Crippen LogP contribution is -2.38. The van der Waals surface area contributed by atoms with Gasteiger partial charge in [-0.25, -0.2) is 4.79 Å². The normalized spacial score (nSPS) is 12.1. The van der Waals surface area contributed by atoms with Crippen LogP contribution < -0.4 is 10.6 Å². The molecular formula is C23H28Cl2N2O4. The highest BCUT2D eigenvalue weighted by atomic mass is 35.5. The van der Waals surface area contributed by atoms with E-state index in [2.05, 4.69) is 10.6 Å². The minimum atomic E-state index is -0.594. The van der Waals surface area contributed by atoms with Gasteiger partial charge < -0.3 is 20.1 Å². The molecule has 8 heteroatoms. The molecule has 0 aromatic heterocycles.